The van der Waals surface area contributed by atoms with Gasteiger partial charge in [-0.15, -0.1) is 6.58 Å². The van der Waals surface area contributed by atoms with Crippen LogP contribution in [0.4, 0.5) is 4.79 Å². The van der Waals surface area contributed by atoms with Gasteiger partial charge in [0.05, 0.1) is 24.1 Å². The van der Waals surface area contributed by atoms with Crippen LogP contribution in [0.15, 0.2) is 67.3 Å². The number of alkyl carbamates (subject to hydrolysis) is 1. The molecule has 14 heteroatoms. The number of carbonyl (C=O) groups excluding carboxylic acids is 4. The predicted octanol–water partition coefficient (Wildman–Crippen LogP) is 4.79. The molecule has 55 heavy (non-hydrogen) atoms. The highest BCUT2D eigenvalue weighted by molar-refractivity contribution is 7.91. The second-order valence-corrected chi connectivity index (χ2v) is 18.2. The van der Waals surface area contributed by atoms with Crippen LogP contribution in [-0.2, 0) is 35.6 Å². The molecule has 3 aromatic rings. The van der Waals surface area contributed by atoms with Gasteiger partial charge in [-0.05, 0) is 73.4 Å². The Labute approximate surface area is 321 Å². The van der Waals surface area contributed by atoms with Gasteiger partial charge >= 0.3 is 6.09 Å². The number of hydrogen-bond donors (Lipinski definition) is 3. The number of nitrogens with one attached hydrogen (secondary N) is 3. The molecule has 2 aromatic carbocycles. The van der Waals surface area contributed by atoms with E-state index in [0.717, 1.165) is 41.2 Å². The molecule has 7 rings (SSSR count). The van der Waals surface area contributed by atoms with Crippen LogP contribution in [-0.4, -0.2) is 84.2 Å². The van der Waals surface area contributed by atoms with Crippen molar-refractivity contribution in [1.82, 2.24) is 25.2 Å². The minimum Gasteiger partial charge on any atom is -0.472 e. The summed E-state index contributed by atoms with van der Waals surface area (Å²) in [6.45, 7) is 9.37. The molecule has 0 spiro atoms. The molecule has 4 aliphatic rings. The number of ether oxygens (including phenoxy) is 2. The van der Waals surface area contributed by atoms with Crippen molar-refractivity contribution in [2.75, 3.05) is 13.2 Å². The van der Waals surface area contributed by atoms with Crippen LogP contribution in [0.2, 0.25) is 0 Å². The highest BCUT2D eigenvalue weighted by Crippen LogP contribution is 2.46. The third-order valence-electron chi connectivity index (χ3n) is 11.0. The summed E-state index contributed by atoms with van der Waals surface area (Å²) in [6, 6.07) is 15.7. The Balaban J connectivity index is 1.25. The van der Waals surface area contributed by atoms with Gasteiger partial charge in [-0.2, -0.15) is 0 Å². The molecule has 1 saturated heterocycles. The maximum absolute atomic E-state index is 14.6. The molecule has 3 N–H and O–H groups in total. The number of sulfonamides is 1. The number of fused-ring (bicyclic) bond motifs is 3. The van der Waals surface area contributed by atoms with Crippen molar-refractivity contribution in [3.63, 3.8) is 0 Å². The number of carbonyl (C=O) groups is 4. The van der Waals surface area contributed by atoms with Crippen molar-refractivity contribution < 1.29 is 37.1 Å². The van der Waals surface area contributed by atoms with E-state index in [9.17, 15) is 27.6 Å². The van der Waals surface area contributed by atoms with Crippen LogP contribution in [0.25, 0.3) is 22.0 Å². The van der Waals surface area contributed by atoms with Crippen LogP contribution in [0.1, 0.15) is 71.3 Å². The lowest BCUT2D eigenvalue weighted by atomic mass is 9.85. The summed E-state index contributed by atoms with van der Waals surface area (Å²) < 4.78 is 39.9. The second kappa shape index (κ2) is 14.9. The lowest BCUT2D eigenvalue weighted by Crippen LogP contribution is -2.60. The van der Waals surface area contributed by atoms with E-state index in [1.54, 1.807) is 0 Å². The third-order valence-corrected chi connectivity index (χ3v) is 12.8. The Bertz CT molecular complexity index is 2120. The van der Waals surface area contributed by atoms with Gasteiger partial charge in [0.15, 0.2) is 0 Å². The Morgan fingerprint density at radius 1 is 1.05 bits per heavy atom. The SMILES string of the molecule is C=C[C@@H]1C[C@]1(NC(=O)[C@@H]1C[C@@H]2CN1C(=O)[C@H](C(C)(C)C)NC(=O)OCCCCCc1ccc3cc(-c4ccccc4)nc(c3c1)O2)C(=O)NS(=O)(=O)C1CC1. The first kappa shape index (κ1) is 38.3. The van der Waals surface area contributed by atoms with Gasteiger partial charge in [-0.1, -0.05) is 69.3 Å². The fourth-order valence-electron chi connectivity index (χ4n) is 7.56. The summed E-state index contributed by atoms with van der Waals surface area (Å²) in [5, 5.41) is 6.66. The summed E-state index contributed by atoms with van der Waals surface area (Å²) in [7, 11) is -3.90. The van der Waals surface area contributed by atoms with Crippen LogP contribution in [0.5, 0.6) is 5.88 Å². The highest BCUT2D eigenvalue weighted by Gasteiger charge is 2.62. The van der Waals surface area contributed by atoms with Gasteiger partial charge in [-0.3, -0.25) is 19.1 Å². The topological polar surface area (TPSA) is 173 Å². The monoisotopic (exact) mass is 771 g/mol. The van der Waals surface area contributed by atoms with E-state index in [-0.39, 0.29) is 26.0 Å². The van der Waals surface area contributed by atoms with Crippen molar-refractivity contribution in [1.29, 1.82) is 0 Å². The van der Waals surface area contributed by atoms with Crippen molar-refractivity contribution in [2.45, 2.75) is 101 Å². The first-order valence-corrected chi connectivity index (χ1v) is 20.6. The smallest absolute Gasteiger partial charge is 0.407 e. The lowest BCUT2D eigenvalue weighted by molar-refractivity contribution is -0.142. The van der Waals surface area contributed by atoms with E-state index in [4.69, 9.17) is 14.5 Å². The third kappa shape index (κ3) is 8.19. The Hall–Kier alpha value is -4.98. The van der Waals surface area contributed by atoms with Crippen LogP contribution in [0.3, 0.4) is 0 Å². The Kier molecular flexibility index (Phi) is 10.4. The summed E-state index contributed by atoms with van der Waals surface area (Å²) in [4.78, 5) is 62.0. The Morgan fingerprint density at radius 3 is 2.51 bits per heavy atom. The summed E-state index contributed by atoms with van der Waals surface area (Å²) >= 11 is 0. The number of amides is 4. The molecule has 292 valence electrons. The minimum atomic E-state index is -3.90. The zero-order valence-electron chi connectivity index (χ0n) is 31.5. The average Bonchev–Trinajstić information content (AvgIpc) is 4.08. The van der Waals surface area contributed by atoms with Gasteiger partial charge in [0, 0.05) is 23.3 Å². The minimum absolute atomic E-state index is 0.0290. The number of aryl methyl sites for hydroxylation is 1. The molecule has 2 saturated carbocycles. The molecule has 5 atom stereocenters. The molecule has 4 amide bonds. The van der Waals surface area contributed by atoms with E-state index in [2.05, 4.69) is 34.1 Å². The van der Waals surface area contributed by atoms with Crippen molar-refractivity contribution in [3.8, 4) is 17.1 Å². The molecular weight excluding hydrogens is 723 g/mol. The van der Waals surface area contributed by atoms with Crippen LogP contribution < -0.4 is 20.1 Å². The van der Waals surface area contributed by atoms with Gasteiger partial charge in [0.1, 0.15) is 23.7 Å². The summed E-state index contributed by atoms with van der Waals surface area (Å²) in [5.41, 5.74) is 0.343. The summed E-state index contributed by atoms with van der Waals surface area (Å²) in [6.07, 6.45) is 4.31. The quantitative estimate of drug-likeness (QED) is 0.286. The molecule has 0 radical (unpaired) electrons. The highest BCUT2D eigenvalue weighted by atomic mass is 32.2. The number of benzene rings is 2. The molecule has 4 bridgehead atoms. The standard InChI is InChI=1S/C41H49N5O8S/c1-5-28-23-41(28,38(49)45-55(51,52)30-17-18-30)44-35(47)33-22-29-24-46(33)37(48)34(40(2,3)4)43-39(50)53-19-11-7-8-12-25-15-16-27-21-32(26-13-9-6-10-14-26)42-36(54-29)31(27)20-25/h5-6,9-10,13-16,20-21,28-30,33-34H,1,7-8,11-12,17-19,22-24H2,2-4H3,(H,43,50)(H,44,47)(H,45,49)/t28-,29-,33+,34-,41-/m1/s1. The van der Waals surface area contributed by atoms with Crippen molar-refractivity contribution in [2.24, 2.45) is 11.3 Å². The number of aromatic nitrogens is 1. The number of rotatable bonds is 7. The molecule has 1 aromatic heterocycles. The van der Waals surface area contributed by atoms with E-state index >= 15 is 0 Å². The van der Waals surface area contributed by atoms with Gasteiger partial charge in [0.2, 0.25) is 27.7 Å². The van der Waals surface area contributed by atoms with Crippen LogP contribution in [0, 0.1) is 11.3 Å². The first-order valence-electron chi connectivity index (χ1n) is 19.1. The zero-order valence-corrected chi connectivity index (χ0v) is 32.3. The molecule has 3 heterocycles. The predicted molar refractivity (Wildman–Crippen MR) is 206 cm³/mol. The molecule has 2 aliphatic heterocycles. The molecular formula is C41H49N5O8S. The number of nitrogens with zero attached hydrogens (tertiary/aromatic N) is 2. The van der Waals surface area contributed by atoms with E-state index < -0.39 is 74.1 Å². The zero-order chi connectivity index (χ0) is 39.1. The fraction of sp³-hybridized carbons (Fsp3) is 0.488. The lowest BCUT2D eigenvalue weighted by Gasteiger charge is -2.35. The molecule has 3 fully saturated rings. The van der Waals surface area contributed by atoms with Crippen molar-refractivity contribution >= 4 is 44.6 Å². The fourth-order valence-corrected chi connectivity index (χ4v) is 8.93. The maximum Gasteiger partial charge on any atom is 0.407 e. The van der Waals surface area contributed by atoms with E-state index in [1.165, 1.54) is 11.0 Å². The Morgan fingerprint density at radius 2 is 1.82 bits per heavy atom. The number of cyclic esters (lactones) is 1. The molecule has 0 unspecified atom stereocenters. The summed E-state index contributed by atoms with van der Waals surface area (Å²) in [5.74, 6) is -2.17. The number of hydrogen-bond acceptors (Lipinski definition) is 9. The van der Waals surface area contributed by atoms with Crippen molar-refractivity contribution in [3.05, 3.63) is 72.8 Å². The van der Waals surface area contributed by atoms with E-state index in [0.29, 0.717) is 30.8 Å². The second-order valence-electron chi connectivity index (χ2n) is 16.3. The molecule has 13 nitrogen and oxygen atoms in total. The van der Waals surface area contributed by atoms with Gasteiger partial charge < -0.3 is 25.0 Å². The normalized spacial score (nSPS) is 26.2. The van der Waals surface area contributed by atoms with Crippen LogP contribution >= 0.6 is 0 Å². The van der Waals surface area contributed by atoms with E-state index in [1.807, 2.05) is 63.2 Å². The largest absolute Gasteiger partial charge is 0.472 e. The molecule has 2 aliphatic carbocycles. The average molecular weight is 772 g/mol. The number of pyridine rings is 1. The van der Waals surface area contributed by atoms with Gasteiger partial charge in [0.25, 0.3) is 5.91 Å². The maximum atomic E-state index is 14.6. The first-order chi connectivity index (χ1) is 26.2. The van der Waals surface area contributed by atoms with Gasteiger partial charge in [-0.25, -0.2) is 18.2 Å².